The van der Waals surface area contributed by atoms with Crippen molar-refractivity contribution in [2.75, 3.05) is 11.9 Å². The van der Waals surface area contributed by atoms with Gasteiger partial charge in [-0.05, 0) is 17.9 Å². The Kier molecular flexibility index (Phi) is 5.25. The van der Waals surface area contributed by atoms with E-state index >= 15 is 0 Å². The molecule has 7 heteroatoms. The smallest absolute Gasteiger partial charge is 0.226 e. The van der Waals surface area contributed by atoms with Crippen molar-refractivity contribution in [3.63, 3.8) is 0 Å². The maximum atomic E-state index is 11.7. The summed E-state index contributed by atoms with van der Waals surface area (Å²) in [7, 11) is 0. The predicted octanol–water partition coefficient (Wildman–Crippen LogP) is 2.06. The van der Waals surface area contributed by atoms with Gasteiger partial charge in [0.1, 0.15) is 0 Å². The molecule has 2 N–H and O–H groups in total. The van der Waals surface area contributed by atoms with Crippen molar-refractivity contribution in [1.29, 1.82) is 0 Å². The van der Waals surface area contributed by atoms with Gasteiger partial charge in [0.25, 0.3) is 0 Å². The maximum Gasteiger partial charge on any atom is 0.226 e. The standard InChI is InChI=1S/C13H15N3O2S2/c1-9(17)15-13-16-10(8-20-13)7-12(18)14-5-4-11-3-2-6-19-11/h2-3,6,8H,4-5,7H2,1H3,(H,14,18)(H,15,16,17). The van der Waals surface area contributed by atoms with Gasteiger partial charge in [-0.3, -0.25) is 9.59 Å². The summed E-state index contributed by atoms with van der Waals surface area (Å²) in [5.74, 6) is -0.215. The summed E-state index contributed by atoms with van der Waals surface area (Å²) < 4.78 is 0. The van der Waals surface area contributed by atoms with Crippen molar-refractivity contribution in [3.8, 4) is 0 Å². The van der Waals surface area contributed by atoms with Gasteiger partial charge >= 0.3 is 0 Å². The number of nitrogens with zero attached hydrogens (tertiary/aromatic N) is 1. The second kappa shape index (κ2) is 7.16. The first-order chi connectivity index (χ1) is 9.63. The van der Waals surface area contributed by atoms with E-state index in [9.17, 15) is 9.59 Å². The molecule has 2 aromatic rings. The molecule has 0 aliphatic rings. The Labute approximate surface area is 125 Å². The zero-order valence-electron chi connectivity index (χ0n) is 11.0. The van der Waals surface area contributed by atoms with E-state index in [0.717, 1.165) is 6.42 Å². The van der Waals surface area contributed by atoms with Crippen LogP contribution >= 0.6 is 22.7 Å². The zero-order chi connectivity index (χ0) is 14.4. The first kappa shape index (κ1) is 14.7. The van der Waals surface area contributed by atoms with E-state index in [1.54, 1.807) is 16.7 Å². The van der Waals surface area contributed by atoms with Gasteiger partial charge in [0, 0.05) is 23.7 Å². The van der Waals surface area contributed by atoms with Crippen molar-refractivity contribution in [2.45, 2.75) is 19.8 Å². The van der Waals surface area contributed by atoms with Crippen LogP contribution in [0.2, 0.25) is 0 Å². The molecule has 2 amide bonds. The molecule has 0 saturated carbocycles. The van der Waals surface area contributed by atoms with Gasteiger partial charge in [-0.25, -0.2) is 4.98 Å². The molecule has 2 heterocycles. The summed E-state index contributed by atoms with van der Waals surface area (Å²) in [5.41, 5.74) is 0.673. The Balaban J connectivity index is 1.73. The molecule has 106 valence electrons. The highest BCUT2D eigenvalue weighted by atomic mass is 32.1. The van der Waals surface area contributed by atoms with Crippen LogP contribution in [0.1, 0.15) is 17.5 Å². The van der Waals surface area contributed by atoms with Crippen molar-refractivity contribution >= 4 is 39.6 Å². The molecular formula is C13H15N3O2S2. The molecule has 0 radical (unpaired) electrons. The highest BCUT2D eigenvalue weighted by Crippen LogP contribution is 2.15. The van der Waals surface area contributed by atoms with Crippen LogP contribution in [0.15, 0.2) is 22.9 Å². The van der Waals surface area contributed by atoms with E-state index in [1.165, 1.54) is 23.1 Å². The van der Waals surface area contributed by atoms with Crippen molar-refractivity contribution < 1.29 is 9.59 Å². The van der Waals surface area contributed by atoms with E-state index in [2.05, 4.69) is 21.7 Å². The fourth-order valence-electron chi connectivity index (χ4n) is 1.60. The zero-order valence-corrected chi connectivity index (χ0v) is 12.6. The molecule has 2 aromatic heterocycles. The fraction of sp³-hybridized carbons (Fsp3) is 0.308. The van der Waals surface area contributed by atoms with Crippen molar-refractivity contribution in [2.24, 2.45) is 0 Å². The largest absolute Gasteiger partial charge is 0.355 e. The molecule has 0 fully saturated rings. The number of carbonyl (C=O) groups is 2. The molecule has 0 unspecified atom stereocenters. The molecule has 2 rings (SSSR count). The lowest BCUT2D eigenvalue weighted by molar-refractivity contribution is -0.120. The van der Waals surface area contributed by atoms with Gasteiger partial charge in [-0.2, -0.15) is 0 Å². The number of hydrogen-bond donors (Lipinski definition) is 2. The lowest BCUT2D eigenvalue weighted by atomic mass is 10.3. The fourth-order valence-corrected chi connectivity index (χ4v) is 3.07. The monoisotopic (exact) mass is 309 g/mol. The lowest BCUT2D eigenvalue weighted by Gasteiger charge is -2.02. The minimum Gasteiger partial charge on any atom is -0.355 e. The number of hydrogen-bond acceptors (Lipinski definition) is 5. The molecule has 0 spiro atoms. The third-order valence-electron chi connectivity index (χ3n) is 2.45. The number of amides is 2. The average molecular weight is 309 g/mol. The van der Waals surface area contributed by atoms with Gasteiger partial charge in [0.15, 0.2) is 5.13 Å². The van der Waals surface area contributed by atoms with Gasteiger partial charge in [-0.1, -0.05) is 6.07 Å². The average Bonchev–Trinajstić information content (AvgIpc) is 3.00. The van der Waals surface area contributed by atoms with Gasteiger partial charge < -0.3 is 10.6 Å². The quantitative estimate of drug-likeness (QED) is 0.858. The summed E-state index contributed by atoms with van der Waals surface area (Å²) in [6.45, 7) is 2.06. The maximum absolute atomic E-state index is 11.7. The molecule has 0 aliphatic heterocycles. The highest BCUT2D eigenvalue weighted by molar-refractivity contribution is 7.14. The van der Waals surface area contributed by atoms with E-state index in [1.807, 2.05) is 11.4 Å². The minimum atomic E-state index is -0.161. The van der Waals surface area contributed by atoms with E-state index in [4.69, 9.17) is 0 Å². The lowest BCUT2D eigenvalue weighted by Crippen LogP contribution is -2.27. The van der Waals surface area contributed by atoms with E-state index < -0.39 is 0 Å². The summed E-state index contributed by atoms with van der Waals surface area (Å²) >= 11 is 3.01. The summed E-state index contributed by atoms with van der Waals surface area (Å²) in [6.07, 6.45) is 1.08. The third-order valence-corrected chi connectivity index (χ3v) is 4.19. The predicted molar refractivity (Wildman–Crippen MR) is 81.2 cm³/mol. The summed E-state index contributed by atoms with van der Waals surface area (Å²) in [4.78, 5) is 28.1. The summed E-state index contributed by atoms with van der Waals surface area (Å²) in [5, 5.41) is 9.80. The summed E-state index contributed by atoms with van der Waals surface area (Å²) in [6, 6.07) is 4.05. The number of thiazole rings is 1. The second-order valence-electron chi connectivity index (χ2n) is 4.18. The SMILES string of the molecule is CC(=O)Nc1nc(CC(=O)NCCc2cccs2)cs1. The first-order valence-electron chi connectivity index (χ1n) is 6.14. The van der Waals surface area contributed by atoms with E-state index in [0.29, 0.717) is 17.4 Å². The molecule has 0 atom stereocenters. The van der Waals surface area contributed by atoms with Crippen LogP contribution in [-0.4, -0.2) is 23.3 Å². The molecule has 5 nitrogen and oxygen atoms in total. The number of anilines is 1. The minimum absolute atomic E-state index is 0.0544. The Morgan fingerprint density at radius 2 is 2.20 bits per heavy atom. The van der Waals surface area contributed by atoms with Crippen LogP contribution in [-0.2, 0) is 22.4 Å². The molecule has 20 heavy (non-hydrogen) atoms. The first-order valence-corrected chi connectivity index (χ1v) is 7.90. The molecule has 0 aliphatic carbocycles. The van der Waals surface area contributed by atoms with Crippen LogP contribution < -0.4 is 10.6 Å². The van der Waals surface area contributed by atoms with Crippen molar-refractivity contribution in [3.05, 3.63) is 33.5 Å². The van der Waals surface area contributed by atoms with Crippen LogP contribution in [0.3, 0.4) is 0 Å². The number of carbonyl (C=O) groups excluding carboxylic acids is 2. The Bertz CT molecular complexity index is 578. The second-order valence-corrected chi connectivity index (χ2v) is 6.07. The third kappa shape index (κ3) is 4.75. The normalized spacial score (nSPS) is 10.2. The highest BCUT2D eigenvalue weighted by Gasteiger charge is 2.08. The molecule has 0 bridgehead atoms. The van der Waals surface area contributed by atoms with Crippen LogP contribution in [0, 0.1) is 0 Å². The Hall–Kier alpha value is -1.73. The number of rotatable bonds is 6. The number of aromatic nitrogens is 1. The topological polar surface area (TPSA) is 71.1 Å². The van der Waals surface area contributed by atoms with Gasteiger partial charge in [-0.15, -0.1) is 22.7 Å². The molecule has 0 saturated heterocycles. The van der Waals surface area contributed by atoms with Gasteiger partial charge in [0.2, 0.25) is 11.8 Å². The Morgan fingerprint density at radius 1 is 1.35 bits per heavy atom. The van der Waals surface area contributed by atoms with Crippen LogP contribution in [0.25, 0.3) is 0 Å². The molecule has 0 aromatic carbocycles. The molecular weight excluding hydrogens is 294 g/mol. The number of thiophene rings is 1. The van der Waals surface area contributed by atoms with Crippen molar-refractivity contribution in [1.82, 2.24) is 10.3 Å². The Morgan fingerprint density at radius 3 is 2.90 bits per heavy atom. The van der Waals surface area contributed by atoms with Crippen LogP contribution in [0.5, 0.6) is 0 Å². The van der Waals surface area contributed by atoms with E-state index in [-0.39, 0.29) is 18.2 Å². The number of nitrogens with one attached hydrogen (secondary N) is 2. The van der Waals surface area contributed by atoms with Gasteiger partial charge in [0.05, 0.1) is 12.1 Å². The van der Waals surface area contributed by atoms with Crippen LogP contribution in [0.4, 0.5) is 5.13 Å².